The van der Waals surface area contributed by atoms with Crippen molar-refractivity contribution in [1.82, 2.24) is 0 Å². The van der Waals surface area contributed by atoms with E-state index in [1.165, 1.54) is 19.3 Å². The second-order valence-electron chi connectivity index (χ2n) is 4.50. The lowest BCUT2D eigenvalue weighted by Gasteiger charge is -2.40. The van der Waals surface area contributed by atoms with Crippen molar-refractivity contribution >= 4 is 8.56 Å². The highest BCUT2D eigenvalue weighted by Crippen LogP contribution is 2.44. The Hall–Kier alpha value is 0.137. The van der Waals surface area contributed by atoms with Crippen molar-refractivity contribution < 1.29 is 8.85 Å². The number of hydrogen-bond acceptors (Lipinski definition) is 2. The van der Waals surface area contributed by atoms with E-state index < -0.39 is 8.56 Å². The molecule has 14 heavy (non-hydrogen) atoms. The van der Waals surface area contributed by atoms with Crippen molar-refractivity contribution in [1.29, 1.82) is 0 Å². The lowest BCUT2D eigenvalue weighted by Crippen LogP contribution is -2.49. The standard InChI is InChI=1S/C11H26O2Si/c1-7-9-10-11(3,4)14(8-2,12-5)13-6/h7-10H2,1-6H3. The van der Waals surface area contributed by atoms with Gasteiger partial charge in [0.1, 0.15) is 0 Å². The first-order valence-electron chi connectivity index (χ1n) is 5.60. The molecule has 0 bridgehead atoms. The summed E-state index contributed by atoms with van der Waals surface area (Å²) in [5, 5.41) is 0.210. The molecule has 0 aromatic rings. The molecule has 0 saturated carbocycles. The number of unbranched alkanes of at least 4 members (excludes halogenated alkanes) is 1. The first-order chi connectivity index (χ1) is 6.49. The monoisotopic (exact) mass is 218 g/mol. The van der Waals surface area contributed by atoms with Crippen LogP contribution in [0.1, 0.15) is 47.0 Å². The van der Waals surface area contributed by atoms with Crippen LogP contribution < -0.4 is 0 Å². The molecular formula is C11H26O2Si. The summed E-state index contributed by atoms with van der Waals surface area (Å²) in [6.07, 6.45) is 3.70. The van der Waals surface area contributed by atoms with Gasteiger partial charge in [-0.2, -0.15) is 0 Å². The van der Waals surface area contributed by atoms with Crippen LogP contribution in [0, 0.1) is 0 Å². The smallest absolute Gasteiger partial charge is 0.343 e. The third-order valence-electron chi connectivity index (χ3n) is 3.31. The quantitative estimate of drug-likeness (QED) is 0.606. The molecule has 0 fully saturated rings. The molecule has 0 heterocycles. The van der Waals surface area contributed by atoms with E-state index in [-0.39, 0.29) is 5.04 Å². The third-order valence-corrected chi connectivity index (χ3v) is 7.87. The molecule has 0 saturated heterocycles. The summed E-state index contributed by atoms with van der Waals surface area (Å²) in [5.74, 6) is 0. The molecule has 0 aromatic carbocycles. The minimum atomic E-state index is -1.98. The molecule has 0 aromatic heterocycles. The first kappa shape index (κ1) is 14.1. The van der Waals surface area contributed by atoms with E-state index in [0.717, 1.165) is 6.04 Å². The predicted molar refractivity (Wildman–Crippen MR) is 63.8 cm³/mol. The lowest BCUT2D eigenvalue weighted by atomic mass is 10.1. The van der Waals surface area contributed by atoms with Gasteiger partial charge in [0.2, 0.25) is 0 Å². The highest BCUT2D eigenvalue weighted by Gasteiger charge is 2.48. The summed E-state index contributed by atoms with van der Waals surface area (Å²) in [7, 11) is 1.61. The van der Waals surface area contributed by atoms with Gasteiger partial charge in [0.15, 0.2) is 0 Å². The van der Waals surface area contributed by atoms with Gasteiger partial charge >= 0.3 is 8.56 Å². The van der Waals surface area contributed by atoms with Gasteiger partial charge in [0.25, 0.3) is 0 Å². The SMILES string of the molecule is CCCCC(C)(C)[Si](CC)(OC)OC. The number of hydrogen-bond donors (Lipinski definition) is 0. The van der Waals surface area contributed by atoms with Crippen LogP contribution in [0.2, 0.25) is 11.1 Å². The first-order valence-corrected chi connectivity index (χ1v) is 7.62. The van der Waals surface area contributed by atoms with Gasteiger partial charge < -0.3 is 8.85 Å². The van der Waals surface area contributed by atoms with E-state index >= 15 is 0 Å². The Labute approximate surface area is 90.2 Å². The molecular weight excluding hydrogens is 192 g/mol. The summed E-state index contributed by atoms with van der Waals surface area (Å²) < 4.78 is 11.4. The summed E-state index contributed by atoms with van der Waals surface area (Å²) in [4.78, 5) is 0. The van der Waals surface area contributed by atoms with Crippen LogP contribution in [0.25, 0.3) is 0 Å². The second-order valence-corrected chi connectivity index (χ2v) is 8.89. The van der Waals surface area contributed by atoms with Crippen LogP contribution >= 0.6 is 0 Å². The molecule has 0 atom stereocenters. The van der Waals surface area contributed by atoms with E-state index in [1.807, 2.05) is 0 Å². The normalized spacial score (nSPS) is 13.3. The fourth-order valence-corrected chi connectivity index (χ4v) is 5.58. The van der Waals surface area contributed by atoms with Crippen molar-refractivity contribution in [2.45, 2.75) is 58.0 Å². The molecule has 0 spiro atoms. The molecule has 0 rings (SSSR count). The Morgan fingerprint density at radius 1 is 1.07 bits per heavy atom. The molecule has 2 nitrogen and oxygen atoms in total. The van der Waals surface area contributed by atoms with Gasteiger partial charge in [-0.05, 0) is 12.5 Å². The van der Waals surface area contributed by atoms with Crippen LogP contribution in [0.4, 0.5) is 0 Å². The molecule has 0 aliphatic heterocycles. The van der Waals surface area contributed by atoms with Gasteiger partial charge in [0, 0.05) is 19.3 Å². The average molecular weight is 218 g/mol. The van der Waals surface area contributed by atoms with Crippen molar-refractivity contribution in [2.24, 2.45) is 0 Å². The van der Waals surface area contributed by atoms with Crippen LogP contribution in [-0.4, -0.2) is 22.8 Å². The van der Waals surface area contributed by atoms with Gasteiger partial charge in [-0.3, -0.25) is 0 Å². The minimum absolute atomic E-state index is 0.210. The average Bonchev–Trinajstić information content (AvgIpc) is 2.18. The fourth-order valence-electron chi connectivity index (χ4n) is 2.21. The van der Waals surface area contributed by atoms with Crippen LogP contribution in [-0.2, 0) is 8.85 Å². The highest BCUT2D eigenvalue weighted by atomic mass is 28.4. The van der Waals surface area contributed by atoms with Crippen molar-refractivity contribution in [3.63, 3.8) is 0 Å². The molecule has 0 radical (unpaired) electrons. The van der Waals surface area contributed by atoms with Crippen molar-refractivity contribution in [2.75, 3.05) is 14.2 Å². The molecule has 0 aliphatic rings. The van der Waals surface area contributed by atoms with Crippen LogP contribution in [0.3, 0.4) is 0 Å². The summed E-state index contributed by atoms with van der Waals surface area (Å²) in [6, 6.07) is 1.02. The molecule has 3 heteroatoms. The molecule has 86 valence electrons. The third kappa shape index (κ3) is 2.81. The summed E-state index contributed by atoms with van der Waals surface area (Å²) in [6.45, 7) is 8.97. The Morgan fingerprint density at radius 3 is 1.86 bits per heavy atom. The maximum atomic E-state index is 5.71. The lowest BCUT2D eigenvalue weighted by molar-refractivity contribution is 0.206. The fraction of sp³-hybridized carbons (Fsp3) is 1.00. The Kier molecular flexibility index (Phi) is 5.94. The maximum absolute atomic E-state index is 5.71. The second kappa shape index (κ2) is 5.88. The van der Waals surface area contributed by atoms with E-state index in [1.54, 1.807) is 14.2 Å². The van der Waals surface area contributed by atoms with E-state index in [2.05, 4.69) is 27.7 Å². The zero-order chi connectivity index (χ0) is 11.2. The van der Waals surface area contributed by atoms with Crippen LogP contribution in [0.15, 0.2) is 0 Å². The Balaban J connectivity index is 4.60. The molecule has 0 N–H and O–H groups in total. The zero-order valence-electron chi connectivity index (χ0n) is 10.6. The number of rotatable bonds is 7. The maximum Gasteiger partial charge on any atom is 0.343 e. The van der Waals surface area contributed by atoms with Crippen molar-refractivity contribution in [3.8, 4) is 0 Å². The Morgan fingerprint density at radius 2 is 1.57 bits per heavy atom. The predicted octanol–water partition coefficient (Wildman–Crippen LogP) is 3.71. The summed E-state index contributed by atoms with van der Waals surface area (Å²) >= 11 is 0. The van der Waals surface area contributed by atoms with Gasteiger partial charge in [-0.25, -0.2) is 0 Å². The molecule has 0 unspecified atom stereocenters. The van der Waals surface area contributed by atoms with E-state index in [0.29, 0.717) is 0 Å². The van der Waals surface area contributed by atoms with Gasteiger partial charge in [-0.15, -0.1) is 0 Å². The molecule has 0 aliphatic carbocycles. The zero-order valence-corrected chi connectivity index (χ0v) is 11.6. The van der Waals surface area contributed by atoms with E-state index in [4.69, 9.17) is 8.85 Å². The Bertz CT molecular complexity index is 145. The van der Waals surface area contributed by atoms with Gasteiger partial charge in [-0.1, -0.05) is 40.5 Å². The minimum Gasteiger partial charge on any atom is -0.397 e. The van der Waals surface area contributed by atoms with Gasteiger partial charge in [0.05, 0.1) is 0 Å². The topological polar surface area (TPSA) is 18.5 Å². The van der Waals surface area contributed by atoms with E-state index in [9.17, 15) is 0 Å². The summed E-state index contributed by atoms with van der Waals surface area (Å²) in [5.41, 5.74) is 0. The largest absolute Gasteiger partial charge is 0.397 e. The van der Waals surface area contributed by atoms with Crippen LogP contribution in [0.5, 0.6) is 0 Å². The molecule has 0 amide bonds. The highest BCUT2D eigenvalue weighted by molar-refractivity contribution is 6.70. The van der Waals surface area contributed by atoms with Crippen molar-refractivity contribution in [3.05, 3.63) is 0 Å².